The van der Waals surface area contributed by atoms with Gasteiger partial charge in [0.05, 0.1) is 11.4 Å². The zero-order valence-electron chi connectivity index (χ0n) is 9.02. The van der Waals surface area contributed by atoms with Gasteiger partial charge >= 0.3 is 0 Å². The molecule has 2 aliphatic carbocycles. The van der Waals surface area contributed by atoms with E-state index >= 15 is 0 Å². The highest BCUT2D eigenvalue weighted by molar-refractivity contribution is 6.44. The average molecular weight is 203 g/mol. The number of hydrogen-bond acceptors (Lipinski definition) is 3. The van der Waals surface area contributed by atoms with Crippen LogP contribution in [0.2, 0.25) is 0 Å². The minimum Gasteiger partial charge on any atom is -0.272 e. The summed E-state index contributed by atoms with van der Waals surface area (Å²) >= 11 is 0. The van der Waals surface area contributed by atoms with Gasteiger partial charge in [-0.3, -0.25) is 10.0 Å². The fraction of sp³-hybridized carbons (Fsp3) is 0.833. The van der Waals surface area contributed by atoms with Crippen LogP contribution in [-0.2, 0) is 0 Å². The van der Waals surface area contributed by atoms with Crippen molar-refractivity contribution in [3.05, 3.63) is 0 Å². The quantitative estimate of drug-likeness (QED) is 0.592. The molecule has 2 aliphatic heterocycles. The van der Waals surface area contributed by atoms with Crippen LogP contribution in [0.5, 0.6) is 0 Å². The summed E-state index contributed by atoms with van der Waals surface area (Å²) in [6, 6.07) is 0. The van der Waals surface area contributed by atoms with Crippen LogP contribution in [0.1, 0.15) is 38.5 Å². The van der Waals surface area contributed by atoms with E-state index in [-0.39, 0.29) is 0 Å². The highest BCUT2D eigenvalue weighted by Gasteiger charge is 2.46. The summed E-state index contributed by atoms with van der Waals surface area (Å²) in [6.45, 7) is 1.18. The lowest BCUT2D eigenvalue weighted by atomic mass is 9.98. The number of hydrazone groups is 1. The van der Waals surface area contributed by atoms with Crippen molar-refractivity contribution < 1.29 is 0 Å². The summed E-state index contributed by atoms with van der Waals surface area (Å²) in [5, 5.41) is 7.10. The van der Waals surface area contributed by atoms with Gasteiger partial charge in [-0.15, -0.1) is 0 Å². The van der Waals surface area contributed by atoms with Gasteiger partial charge < -0.3 is 0 Å². The van der Waals surface area contributed by atoms with E-state index < -0.39 is 0 Å². The van der Waals surface area contributed by atoms with E-state index in [2.05, 4.69) is 5.01 Å². The standard InChI is InChI=1S/C12H17N3/c1-3-8-7-15-12(9(8)4-1)13-10-5-2-6-11(10)14-15/h8-9,12H,1-7H2. The van der Waals surface area contributed by atoms with Crippen LogP contribution in [-0.4, -0.2) is 29.1 Å². The van der Waals surface area contributed by atoms with E-state index in [0.717, 1.165) is 18.3 Å². The van der Waals surface area contributed by atoms with Crippen molar-refractivity contribution in [2.75, 3.05) is 6.54 Å². The van der Waals surface area contributed by atoms with Crippen molar-refractivity contribution >= 4 is 11.4 Å². The molecule has 0 aromatic carbocycles. The molecule has 3 atom stereocenters. The minimum atomic E-state index is 0.425. The Hall–Kier alpha value is -0.860. The van der Waals surface area contributed by atoms with Crippen molar-refractivity contribution in [3.63, 3.8) is 0 Å². The first kappa shape index (κ1) is 8.31. The Morgan fingerprint density at radius 2 is 2.00 bits per heavy atom. The Morgan fingerprint density at radius 3 is 3.00 bits per heavy atom. The smallest absolute Gasteiger partial charge is 0.140 e. The lowest BCUT2D eigenvalue weighted by Crippen LogP contribution is -2.34. The molecule has 3 nitrogen and oxygen atoms in total. The molecular formula is C12H17N3. The molecule has 0 amide bonds. The lowest BCUT2D eigenvalue weighted by Gasteiger charge is -2.26. The molecule has 3 fully saturated rings. The molecule has 80 valence electrons. The summed E-state index contributed by atoms with van der Waals surface area (Å²) in [7, 11) is 0. The third-order valence-electron chi connectivity index (χ3n) is 4.53. The minimum absolute atomic E-state index is 0.425. The van der Waals surface area contributed by atoms with Gasteiger partial charge in [0.15, 0.2) is 0 Å². The van der Waals surface area contributed by atoms with E-state index in [1.165, 1.54) is 50.1 Å². The van der Waals surface area contributed by atoms with Gasteiger partial charge in [-0.05, 0) is 38.0 Å². The first-order chi connectivity index (χ1) is 7.42. The van der Waals surface area contributed by atoms with Crippen LogP contribution in [0.25, 0.3) is 0 Å². The normalized spacial score (nSPS) is 42.1. The van der Waals surface area contributed by atoms with Gasteiger partial charge in [0.2, 0.25) is 0 Å². The van der Waals surface area contributed by atoms with E-state index in [0.29, 0.717) is 6.17 Å². The number of nitrogens with zero attached hydrogens (tertiary/aromatic N) is 3. The SMILES string of the molecule is C1CC2=NC3C4CCCC4CN3N=C2C1. The van der Waals surface area contributed by atoms with Crippen molar-refractivity contribution in [2.24, 2.45) is 21.9 Å². The van der Waals surface area contributed by atoms with E-state index in [1.807, 2.05) is 0 Å². The molecule has 2 saturated carbocycles. The van der Waals surface area contributed by atoms with E-state index in [1.54, 1.807) is 0 Å². The van der Waals surface area contributed by atoms with Gasteiger partial charge in [0.1, 0.15) is 6.17 Å². The van der Waals surface area contributed by atoms with Crippen molar-refractivity contribution in [1.29, 1.82) is 0 Å². The monoisotopic (exact) mass is 203 g/mol. The predicted molar refractivity (Wildman–Crippen MR) is 60.0 cm³/mol. The average Bonchev–Trinajstić information content (AvgIpc) is 2.86. The topological polar surface area (TPSA) is 28.0 Å². The lowest BCUT2D eigenvalue weighted by molar-refractivity contribution is 0.235. The zero-order chi connectivity index (χ0) is 9.83. The maximum atomic E-state index is 4.96. The van der Waals surface area contributed by atoms with Gasteiger partial charge in [-0.1, -0.05) is 6.42 Å². The Kier molecular flexibility index (Phi) is 1.57. The van der Waals surface area contributed by atoms with Crippen LogP contribution in [0.3, 0.4) is 0 Å². The summed E-state index contributed by atoms with van der Waals surface area (Å²) in [6.07, 6.45) is 8.25. The van der Waals surface area contributed by atoms with Gasteiger partial charge in [-0.25, -0.2) is 0 Å². The second-order valence-electron chi connectivity index (χ2n) is 5.37. The van der Waals surface area contributed by atoms with Crippen LogP contribution in [0, 0.1) is 11.8 Å². The molecular weight excluding hydrogens is 186 g/mol. The largest absolute Gasteiger partial charge is 0.272 e. The molecule has 0 aromatic heterocycles. The molecule has 2 heterocycles. The molecule has 15 heavy (non-hydrogen) atoms. The summed E-state index contributed by atoms with van der Waals surface area (Å²) in [5.41, 5.74) is 2.63. The van der Waals surface area contributed by atoms with Crippen LogP contribution in [0.15, 0.2) is 10.1 Å². The van der Waals surface area contributed by atoms with E-state index in [4.69, 9.17) is 10.1 Å². The van der Waals surface area contributed by atoms with Crippen LogP contribution < -0.4 is 0 Å². The number of aliphatic imine (C=N–C) groups is 1. The highest BCUT2D eigenvalue weighted by atomic mass is 15.5. The first-order valence-corrected chi connectivity index (χ1v) is 6.33. The van der Waals surface area contributed by atoms with Crippen molar-refractivity contribution in [1.82, 2.24) is 5.01 Å². The molecule has 3 heteroatoms. The Bertz CT molecular complexity index is 358. The predicted octanol–water partition coefficient (Wildman–Crippen LogP) is 2.04. The highest BCUT2D eigenvalue weighted by Crippen LogP contribution is 2.44. The number of hydrogen-bond donors (Lipinski definition) is 0. The second-order valence-corrected chi connectivity index (χ2v) is 5.37. The number of rotatable bonds is 0. The fourth-order valence-corrected chi connectivity index (χ4v) is 3.79. The summed E-state index contributed by atoms with van der Waals surface area (Å²) in [4.78, 5) is 4.96. The van der Waals surface area contributed by atoms with Gasteiger partial charge in [0.25, 0.3) is 0 Å². The summed E-state index contributed by atoms with van der Waals surface area (Å²) in [5.74, 6) is 1.71. The number of fused-ring (bicyclic) bond motifs is 4. The van der Waals surface area contributed by atoms with Gasteiger partial charge in [0, 0.05) is 12.5 Å². The molecule has 1 saturated heterocycles. The van der Waals surface area contributed by atoms with Crippen molar-refractivity contribution in [2.45, 2.75) is 44.7 Å². The molecule has 0 radical (unpaired) electrons. The molecule has 3 unspecified atom stereocenters. The fourth-order valence-electron chi connectivity index (χ4n) is 3.79. The molecule has 0 N–H and O–H groups in total. The molecule has 4 aliphatic rings. The Balaban J connectivity index is 1.71. The van der Waals surface area contributed by atoms with Crippen LogP contribution >= 0.6 is 0 Å². The molecule has 0 aromatic rings. The second kappa shape index (κ2) is 2.83. The maximum Gasteiger partial charge on any atom is 0.140 e. The van der Waals surface area contributed by atoms with Crippen LogP contribution in [0.4, 0.5) is 0 Å². The summed E-state index contributed by atoms with van der Waals surface area (Å²) < 4.78 is 0. The van der Waals surface area contributed by atoms with Crippen molar-refractivity contribution in [3.8, 4) is 0 Å². The Morgan fingerprint density at radius 1 is 1.07 bits per heavy atom. The zero-order valence-corrected chi connectivity index (χ0v) is 9.02. The van der Waals surface area contributed by atoms with Gasteiger partial charge in [-0.2, -0.15) is 5.10 Å². The molecule has 0 spiro atoms. The third-order valence-corrected chi connectivity index (χ3v) is 4.53. The van der Waals surface area contributed by atoms with E-state index in [9.17, 15) is 0 Å². The maximum absolute atomic E-state index is 4.96. The first-order valence-electron chi connectivity index (χ1n) is 6.33. The third kappa shape index (κ3) is 1.06. The Labute approximate surface area is 90.3 Å². The molecule has 4 rings (SSSR count). The molecule has 0 bridgehead atoms.